The Morgan fingerprint density at radius 3 is 2.15 bits per heavy atom. The van der Waals surface area contributed by atoms with Crippen LogP contribution in [0.15, 0.2) is 24.3 Å². The molecular weight excluding hydrogens is 349 g/mol. The molecule has 0 saturated carbocycles. The molecule has 1 saturated heterocycles. The van der Waals surface area contributed by atoms with E-state index in [0.29, 0.717) is 39.3 Å². The van der Waals surface area contributed by atoms with Crippen LogP contribution in [0.1, 0.15) is 12.5 Å². The van der Waals surface area contributed by atoms with Gasteiger partial charge in [0, 0.05) is 38.4 Å². The van der Waals surface area contributed by atoms with Gasteiger partial charge in [-0.25, -0.2) is 0 Å². The first kappa shape index (κ1) is 20.2. The van der Waals surface area contributed by atoms with Crippen molar-refractivity contribution in [2.45, 2.75) is 13.1 Å². The van der Waals surface area contributed by atoms with Crippen molar-refractivity contribution in [2.24, 2.45) is 0 Å². The van der Waals surface area contributed by atoms with Crippen molar-refractivity contribution in [3.63, 3.8) is 0 Å². The van der Waals surface area contributed by atoms with Crippen LogP contribution in [-0.4, -0.2) is 67.4 Å². The molecular formula is C17H23F3N4O2. The lowest BCUT2D eigenvalue weighted by Crippen LogP contribution is -2.51. The molecule has 9 heteroatoms. The van der Waals surface area contributed by atoms with E-state index in [1.54, 1.807) is 0 Å². The zero-order valence-corrected chi connectivity index (χ0v) is 14.6. The Bertz CT molecular complexity index is 629. The molecule has 0 atom stereocenters. The lowest BCUT2D eigenvalue weighted by atomic mass is 10.2. The predicted molar refractivity (Wildman–Crippen MR) is 91.6 cm³/mol. The third kappa shape index (κ3) is 6.30. The number of amides is 2. The maximum Gasteiger partial charge on any atom is 0.416 e. The highest BCUT2D eigenvalue weighted by Crippen LogP contribution is 2.30. The first-order valence-electron chi connectivity index (χ1n) is 8.46. The summed E-state index contributed by atoms with van der Waals surface area (Å²) in [7, 11) is 0. The molecule has 144 valence electrons. The van der Waals surface area contributed by atoms with Crippen molar-refractivity contribution in [3.05, 3.63) is 29.8 Å². The molecule has 0 aromatic heterocycles. The molecule has 0 aliphatic carbocycles. The van der Waals surface area contributed by atoms with Crippen LogP contribution in [0.5, 0.6) is 0 Å². The number of carbonyl (C=O) groups excluding carboxylic acids is 2. The van der Waals surface area contributed by atoms with Crippen molar-refractivity contribution < 1.29 is 22.8 Å². The van der Waals surface area contributed by atoms with Gasteiger partial charge in [-0.3, -0.25) is 19.4 Å². The summed E-state index contributed by atoms with van der Waals surface area (Å²) in [5.74, 6) is -0.384. The summed E-state index contributed by atoms with van der Waals surface area (Å²) < 4.78 is 38.1. The summed E-state index contributed by atoms with van der Waals surface area (Å²) in [6.45, 7) is 5.45. The minimum atomic E-state index is -4.44. The fourth-order valence-corrected chi connectivity index (χ4v) is 2.74. The standard InChI is InChI=1S/C17H23F3N4O2/c1-2-21-15(25)11-23-6-8-24(9-7-23)12-16(26)22-14-5-3-4-13(10-14)17(18,19)20/h3-5,10H,2,6-9,11-12H2,1H3,(H,21,25)(H,22,26). The van der Waals surface area contributed by atoms with E-state index in [2.05, 4.69) is 10.6 Å². The molecule has 1 heterocycles. The Labute approximate surface area is 150 Å². The second kappa shape index (κ2) is 9.00. The molecule has 26 heavy (non-hydrogen) atoms. The molecule has 0 spiro atoms. The Morgan fingerprint density at radius 1 is 1.04 bits per heavy atom. The molecule has 2 rings (SSSR count). The molecule has 1 fully saturated rings. The van der Waals surface area contributed by atoms with Crippen LogP contribution < -0.4 is 10.6 Å². The molecule has 1 aliphatic heterocycles. The molecule has 1 aliphatic rings. The number of nitrogens with one attached hydrogen (secondary N) is 2. The van der Waals surface area contributed by atoms with Gasteiger partial charge in [-0.2, -0.15) is 13.2 Å². The van der Waals surface area contributed by atoms with Gasteiger partial charge in [-0.15, -0.1) is 0 Å². The van der Waals surface area contributed by atoms with E-state index in [1.165, 1.54) is 12.1 Å². The molecule has 1 aromatic rings. The van der Waals surface area contributed by atoms with Crippen molar-refractivity contribution in [1.29, 1.82) is 0 Å². The van der Waals surface area contributed by atoms with Gasteiger partial charge < -0.3 is 10.6 Å². The van der Waals surface area contributed by atoms with Crippen molar-refractivity contribution in [1.82, 2.24) is 15.1 Å². The van der Waals surface area contributed by atoms with Gasteiger partial charge in [0.25, 0.3) is 0 Å². The van der Waals surface area contributed by atoms with Crippen molar-refractivity contribution in [3.8, 4) is 0 Å². The highest BCUT2D eigenvalue weighted by molar-refractivity contribution is 5.92. The second-order valence-electron chi connectivity index (χ2n) is 6.13. The van der Waals surface area contributed by atoms with Crippen LogP contribution >= 0.6 is 0 Å². The van der Waals surface area contributed by atoms with Gasteiger partial charge in [0.15, 0.2) is 0 Å². The lowest BCUT2D eigenvalue weighted by Gasteiger charge is -2.33. The number of benzene rings is 1. The number of likely N-dealkylation sites (N-methyl/N-ethyl adjacent to an activating group) is 1. The van der Waals surface area contributed by atoms with E-state index in [9.17, 15) is 22.8 Å². The number of hydrogen-bond acceptors (Lipinski definition) is 4. The van der Waals surface area contributed by atoms with Gasteiger partial charge in [-0.05, 0) is 25.1 Å². The van der Waals surface area contributed by atoms with Crippen LogP contribution in [0.4, 0.5) is 18.9 Å². The normalized spacial score (nSPS) is 16.3. The number of hydrogen-bond donors (Lipinski definition) is 2. The summed E-state index contributed by atoms with van der Waals surface area (Å²) >= 11 is 0. The predicted octanol–water partition coefficient (Wildman–Crippen LogP) is 1.40. The topological polar surface area (TPSA) is 64.7 Å². The van der Waals surface area contributed by atoms with Crippen LogP contribution in [0.2, 0.25) is 0 Å². The molecule has 0 unspecified atom stereocenters. The van der Waals surface area contributed by atoms with Crippen LogP contribution in [-0.2, 0) is 15.8 Å². The smallest absolute Gasteiger partial charge is 0.355 e. The van der Waals surface area contributed by atoms with E-state index in [0.717, 1.165) is 12.1 Å². The first-order chi connectivity index (χ1) is 12.3. The highest BCUT2D eigenvalue weighted by Gasteiger charge is 2.30. The van der Waals surface area contributed by atoms with Gasteiger partial charge in [0.1, 0.15) is 0 Å². The van der Waals surface area contributed by atoms with Gasteiger partial charge in [0.2, 0.25) is 11.8 Å². The fraction of sp³-hybridized carbons (Fsp3) is 0.529. The Hall–Kier alpha value is -2.13. The summed E-state index contributed by atoms with van der Waals surface area (Å²) in [6.07, 6.45) is -4.44. The number of carbonyl (C=O) groups is 2. The van der Waals surface area contributed by atoms with Gasteiger partial charge in [0.05, 0.1) is 18.7 Å². The van der Waals surface area contributed by atoms with Gasteiger partial charge >= 0.3 is 6.18 Å². The van der Waals surface area contributed by atoms with E-state index in [4.69, 9.17) is 0 Å². The first-order valence-corrected chi connectivity index (χ1v) is 8.46. The summed E-state index contributed by atoms with van der Waals surface area (Å²) in [5.41, 5.74) is -0.672. The number of alkyl halides is 3. The number of anilines is 1. The maximum atomic E-state index is 12.7. The fourth-order valence-electron chi connectivity index (χ4n) is 2.74. The van der Waals surface area contributed by atoms with E-state index < -0.39 is 11.7 Å². The molecule has 2 N–H and O–H groups in total. The third-order valence-electron chi connectivity index (χ3n) is 4.05. The SMILES string of the molecule is CCNC(=O)CN1CCN(CC(=O)Nc2cccc(C(F)(F)F)c2)CC1. The quantitative estimate of drug-likeness (QED) is 0.792. The number of halogens is 3. The zero-order valence-electron chi connectivity index (χ0n) is 14.6. The molecule has 2 amide bonds. The van der Waals surface area contributed by atoms with E-state index in [-0.39, 0.29) is 24.0 Å². The Morgan fingerprint density at radius 2 is 1.62 bits per heavy atom. The van der Waals surface area contributed by atoms with Gasteiger partial charge in [-0.1, -0.05) is 6.07 Å². The monoisotopic (exact) mass is 372 g/mol. The molecule has 0 radical (unpaired) electrons. The average Bonchev–Trinajstić information content (AvgIpc) is 2.56. The highest BCUT2D eigenvalue weighted by atomic mass is 19.4. The van der Waals surface area contributed by atoms with Crippen LogP contribution in [0.25, 0.3) is 0 Å². The maximum absolute atomic E-state index is 12.7. The Balaban J connectivity index is 1.78. The number of piperazine rings is 1. The largest absolute Gasteiger partial charge is 0.416 e. The summed E-state index contributed by atoms with van der Waals surface area (Å²) in [4.78, 5) is 27.6. The van der Waals surface area contributed by atoms with Crippen LogP contribution in [0, 0.1) is 0 Å². The third-order valence-corrected chi connectivity index (χ3v) is 4.05. The molecule has 0 bridgehead atoms. The van der Waals surface area contributed by atoms with Crippen LogP contribution in [0.3, 0.4) is 0 Å². The number of nitrogens with zero attached hydrogens (tertiary/aromatic N) is 2. The number of rotatable bonds is 6. The summed E-state index contributed by atoms with van der Waals surface area (Å²) in [6, 6.07) is 4.57. The van der Waals surface area contributed by atoms with Crippen molar-refractivity contribution >= 4 is 17.5 Å². The second-order valence-corrected chi connectivity index (χ2v) is 6.13. The zero-order chi connectivity index (χ0) is 19.2. The average molecular weight is 372 g/mol. The lowest BCUT2D eigenvalue weighted by molar-refractivity contribution is -0.137. The van der Waals surface area contributed by atoms with E-state index >= 15 is 0 Å². The van der Waals surface area contributed by atoms with Crippen molar-refractivity contribution in [2.75, 3.05) is 51.1 Å². The summed E-state index contributed by atoms with van der Waals surface area (Å²) in [5, 5.41) is 5.24. The Kier molecular flexibility index (Phi) is 6.98. The minimum Gasteiger partial charge on any atom is -0.355 e. The van der Waals surface area contributed by atoms with E-state index in [1.807, 2.05) is 16.7 Å². The minimum absolute atomic E-state index is 0.0248. The molecule has 1 aromatic carbocycles. The molecule has 6 nitrogen and oxygen atoms in total.